The lowest BCUT2D eigenvalue weighted by Gasteiger charge is -2.11. The highest BCUT2D eigenvalue weighted by atomic mass is 79.9. The van der Waals surface area contributed by atoms with Gasteiger partial charge in [0.1, 0.15) is 5.69 Å². The van der Waals surface area contributed by atoms with Gasteiger partial charge < -0.3 is 19.2 Å². The third kappa shape index (κ3) is 3.22. The number of nitrogens with zero attached hydrogens (tertiary/aromatic N) is 1. The van der Waals surface area contributed by atoms with Crippen LogP contribution in [0.5, 0.6) is 11.5 Å². The van der Waals surface area contributed by atoms with E-state index in [-0.39, 0.29) is 17.7 Å². The second kappa shape index (κ2) is 6.78. The van der Waals surface area contributed by atoms with Crippen LogP contribution in [0.15, 0.2) is 16.9 Å². The fraction of sp³-hybridized carbons (Fsp3) is 0.357. The van der Waals surface area contributed by atoms with Crippen molar-refractivity contribution in [2.45, 2.75) is 11.2 Å². The molecule has 0 saturated heterocycles. The summed E-state index contributed by atoms with van der Waals surface area (Å²) < 4.78 is 15.0. The quantitative estimate of drug-likeness (QED) is 0.638. The van der Waals surface area contributed by atoms with Crippen molar-refractivity contribution in [1.82, 2.24) is 9.97 Å². The van der Waals surface area contributed by atoms with E-state index >= 15 is 0 Å². The maximum atomic E-state index is 12.1. The molecule has 2 aromatic rings. The van der Waals surface area contributed by atoms with Crippen LogP contribution in [0, 0.1) is 0 Å². The fourth-order valence-electron chi connectivity index (χ4n) is 1.97. The van der Waals surface area contributed by atoms with E-state index in [9.17, 15) is 9.59 Å². The number of H-pyrrole nitrogens is 1. The second-order valence-electron chi connectivity index (χ2n) is 4.42. The molecule has 0 aliphatic carbocycles. The number of ether oxygens (including phenoxy) is 3. The summed E-state index contributed by atoms with van der Waals surface area (Å²) in [6, 6.07) is 3.29. The topological polar surface area (TPSA) is 90.5 Å². The van der Waals surface area contributed by atoms with E-state index in [4.69, 9.17) is 9.47 Å². The predicted octanol–water partition coefficient (Wildman–Crippen LogP) is 1.94. The number of aromatic nitrogens is 2. The van der Waals surface area contributed by atoms with Gasteiger partial charge in [0.15, 0.2) is 11.5 Å². The molecule has 22 heavy (non-hydrogen) atoms. The summed E-state index contributed by atoms with van der Waals surface area (Å²) >= 11 is 3.29. The zero-order valence-corrected chi connectivity index (χ0v) is 13.9. The van der Waals surface area contributed by atoms with Gasteiger partial charge in [-0.1, -0.05) is 15.9 Å². The van der Waals surface area contributed by atoms with Gasteiger partial charge in [-0.3, -0.25) is 9.59 Å². The Hall–Kier alpha value is -2.09. The van der Waals surface area contributed by atoms with Gasteiger partial charge in [0, 0.05) is 12.1 Å². The van der Waals surface area contributed by atoms with Crippen LogP contribution >= 0.6 is 15.9 Å². The highest BCUT2D eigenvalue weighted by molar-refractivity contribution is 9.09. The predicted molar refractivity (Wildman–Crippen MR) is 83.8 cm³/mol. The van der Waals surface area contributed by atoms with E-state index in [0.717, 1.165) is 0 Å². The minimum atomic E-state index is -0.541. The highest BCUT2D eigenvalue weighted by Crippen LogP contribution is 2.31. The summed E-state index contributed by atoms with van der Waals surface area (Å²) in [7, 11) is 4.31. The number of hydrogen-bond acceptors (Lipinski definition) is 6. The molecule has 0 bridgehead atoms. The smallest absolute Gasteiger partial charge is 0.307 e. The maximum Gasteiger partial charge on any atom is 0.307 e. The summed E-state index contributed by atoms with van der Waals surface area (Å²) in [6.45, 7) is 0. The Kier molecular flexibility index (Phi) is 5.02. The largest absolute Gasteiger partial charge is 0.493 e. The zero-order valence-electron chi connectivity index (χ0n) is 12.3. The van der Waals surface area contributed by atoms with Crippen molar-refractivity contribution in [3.8, 4) is 11.5 Å². The number of alkyl halides is 1. The van der Waals surface area contributed by atoms with Crippen molar-refractivity contribution in [3.63, 3.8) is 0 Å². The molecule has 0 spiro atoms. The summed E-state index contributed by atoms with van der Waals surface area (Å²) in [6.07, 6.45) is 0.00533. The van der Waals surface area contributed by atoms with Gasteiger partial charge in [-0.25, -0.2) is 4.98 Å². The Morgan fingerprint density at radius 2 is 1.91 bits per heavy atom. The van der Waals surface area contributed by atoms with Crippen molar-refractivity contribution in [3.05, 3.63) is 28.2 Å². The SMILES string of the molecule is COC(=O)C[C@H](Br)c1nc2cc(OC)c(OC)cc2[nH]c1=O. The lowest BCUT2D eigenvalue weighted by molar-refractivity contribution is -0.140. The summed E-state index contributed by atoms with van der Waals surface area (Å²) in [4.78, 5) is 29.9. The second-order valence-corrected chi connectivity index (χ2v) is 5.53. The molecule has 1 heterocycles. The third-order valence-corrected chi connectivity index (χ3v) is 3.85. The Morgan fingerprint density at radius 3 is 2.50 bits per heavy atom. The molecule has 0 fully saturated rings. The molecule has 0 saturated carbocycles. The van der Waals surface area contributed by atoms with Crippen LogP contribution < -0.4 is 15.0 Å². The molecular weight excluding hydrogens is 356 g/mol. The number of hydrogen-bond donors (Lipinski definition) is 1. The first-order chi connectivity index (χ1) is 10.5. The maximum absolute atomic E-state index is 12.1. The number of rotatable bonds is 5. The van der Waals surface area contributed by atoms with E-state index in [1.807, 2.05) is 0 Å². The number of aromatic amines is 1. The first-order valence-electron chi connectivity index (χ1n) is 6.37. The van der Waals surface area contributed by atoms with Crippen LogP contribution in [0.1, 0.15) is 16.9 Å². The van der Waals surface area contributed by atoms with E-state index in [1.165, 1.54) is 21.3 Å². The van der Waals surface area contributed by atoms with Crippen LogP contribution in [0.25, 0.3) is 11.0 Å². The molecule has 0 aliphatic rings. The first-order valence-corrected chi connectivity index (χ1v) is 7.28. The molecule has 0 amide bonds. The number of esters is 1. The average Bonchev–Trinajstić information content (AvgIpc) is 2.52. The zero-order chi connectivity index (χ0) is 16.3. The van der Waals surface area contributed by atoms with Gasteiger partial charge in [0.2, 0.25) is 0 Å². The molecule has 1 aromatic heterocycles. The summed E-state index contributed by atoms with van der Waals surface area (Å²) in [5.41, 5.74) is 0.862. The van der Waals surface area contributed by atoms with Crippen LogP contribution in [-0.2, 0) is 9.53 Å². The van der Waals surface area contributed by atoms with Gasteiger partial charge in [-0.05, 0) is 0 Å². The van der Waals surface area contributed by atoms with E-state index < -0.39 is 10.8 Å². The van der Waals surface area contributed by atoms with E-state index in [1.54, 1.807) is 12.1 Å². The number of nitrogens with one attached hydrogen (secondary N) is 1. The molecule has 0 radical (unpaired) electrons. The molecular formula is C14H15BrN2O5. The van der Waals surface area contributed by atoms with Crippen LogP contribution in [-0.4, -0.2) is 37.3 Å². The molecule has 0 aliphatic heterocycles. The number of carbonyl (C=O) groups is 1. The number of halogens is 1. The lowest BCUT2D eigenvalue weighted by Crippen LogP contribution is -2.18. The van der Waals surface area contributed by atoms with Gasteiger partial charge >= 0.3 is 5.97 Å². The average molecular weight is 371 g/mol. The van der Waals surface area contributed by atoms with E-state index in [0.29, 0.717) is 22.5 Å². The molecule has 7 nitrogen and oxygen atoms in total. The minimum absolute atomic E-state index is 0.00533. The van der Waals surface area contributed by atoms with Crippen LogP contribution in [0.3, 0.4) is 0 Å². The molecule has 0 unspecified atom stereocenters. The number of fused-ring (bicyclic) bond motifs is 1. The van der Waals surface area contributed by atoms with Gasteiger partial charge in [0.25, 0.3) is 5.56 Å². The fourth-order valence-corrected chi connectivity index (χ4v) is 2.54. The molecule has 118 valence electrons. The standard InChI is InChI=1S/C14H15BrN2O5/c1-20-10-5-8-9(6-11(10)21-2)17-14(19)13(16-8)7(15)4-12(18)22-3/h5-7H,4H2,1-3H3,(H,17,19)/t7-/m0/s1. The van der Waals surface area contributed by atoms with Crippen molar-refractivity contribution in [1.29, 1.82) is 0 Å². The molecule has 8 heteroatoms. The Bertz CT molecular complexity index is 759. The summed E-state index contributed by atoms with van der Waals surface area (Å²) in [5.74, 6) is 0.556. The van der Waals surface area contributed by atoms with Crippen molar-refractivity contribution >= 4 is 32.9 Å². The van der Waals surface area contributed by atoms with Crippen molar-refractivity contribution < 1.29 is 19.0 Å². The van der Waals surface area contributed by atoms with Crippen LogP contribution in [0.2, 0.25) is 0 Å². The Labute approximate surface area is 134 Å². The lowest BCUT2D eigenvalue weighted by atomic mass is 10.2. The molecule has 1 N–H and O–H groups in total. The number of carbonyl (C=O) groups excluding carboxylic acids is 1. The molecule has 1 aromatic carbocycles. The van der Waals surface area contributed by atoms with Gasteiger partial charge in [-0.15, -0.1) is 0 Å². The minimum Gasteiger partial charge on any atom is -0.493 e. The highest BCUT2D eigenvalue weighted by Gasteiger charge is 2.19. The molecule has 2 rings (SSSR count). The third-order valence-electron chi connectivity index (χ3n) is 3.09. The Morgan fingerprint density at radius 1 is 1.27 bits per heavy atom. The number of methoxy groups -OCH3 is 3. The van der Waals surface area contributed by atoms with Crippen molar-refractivity contribution in [2.75, 3.05) is 21.3 Å². The normalized spacial score (nSPS) is 12.0. The summed E-state index contributed by atoms with van der Waals surface area (Å²) in [5, 5.41) is 0. The number of benzene rings is 1. The van der Waals surface area contributed by atoms with Gasteiger partial charge in [0.05, 0.1) is 43.6 Å². The van der Waals surface area contributed by atoms with Gasteiger partial charge in [-0.2, -0.15) is 0 Å². The van der Waals surface area contributed by atoms with Crippen LogP contribution in [0.4, 0.5) is 0 Å². The molecule has 1 atom stereocenters. The monoisotopic (exact) mass is 370 g/mol. The Balaban J connectivity index is 2.51. The first kappa shape index (κ1) is 16.3. The van der Waals surface area contributed by atoms with E-state index in [2.05, 4.69) is 30.6 Å². The van der Waals surface area contributed by atoms with Crippen molar-refractivity contribution in [2.24, 2.45) is 0 Å².